The number of nitrogens with zero attached hydrogens (tertiary/aromatic N) is 3. The van der Waals surface area contributed by atoms with Gasteiger partial charge >= 0.3 is 0 Å². The number of rotatable bonds is 8. The summed E-state index contributed by atoms with van der Waals surface area (Å²) in [6.07, 6.45) is 1.05. The summed E-state index contributed by atoms with van der Waals surface area (Å²) in [5, 5.41) is 5.57. The molecule has 0 atom stereocenters. The van der Waals surface area contributed by atoms with Gasteiger partial charge in [0.15, 0.2) is 5.96 Å². The van der Waals surface area contributed by atoms with E-state index in [9.17, 15) is 0 Å². The van der Waals surface area contributed by atoms with Gasteiger partial charge in [-0.15, -0.1) is 35.3 Å². The standard InChI is InChI=1S/C22H32N4OS.HI/c1-3-23-22(25(2)11-10-21-9-6-16-28-21)24-17-19-7-4-5-8-20(19)18-26-12-14-27-15-13-26;/h4-9,16H,3,10-15,17-18H2,1-2H3,(H,23,24);1H. The highest BCUT2D eigenvalue weighted by Gasteiger charge is 2.13. The number of guanidine groups is 1. The van der Waals surface area contributed by atoms with Gasteiger partial charge in [-0.3, -0.25) is 4.90 Å². The van der Waals surface area contributed by atoms with E-state index in [1.54, 1.807) is 0 Å². The number of aliphatic imine (C=N–C) groups is 1. The molecule has 7 heteroatoms. The number of halogens is 1. The minimum Gasteiger partial charge on any atom is -0.379 e. The molecule has 29 heavy (non-hydrogen) atoms. The van der Waals surface area contributed by atoms with Crippen LogP contribution in [0.3, 0.4) is 0 Å². The third-order valence-corrected chi connectivity index (χ3v) is 5.92. The summed E-state index contributed by atoms with van der Waals surface area (Å²) < 4.78 is 5.47. The van der Waals surface area contributed by atoms with Crippen LogP contribution < -0.4 is 5.32 Å². The summed E-state index contributed by atoms with van der Waals surface area (Å²) in [4.78, 5) is 11.0. The Hall–Kier alpha value is -1.16. The van der Waals surface area contributed by atoms with E-state index in [4.69, 9.17) is 9.73 Å². The van der Waals surface area contributed by atoms with Crippen LogP contribution in [0.2, 0.25) is 0 Å². The highest BCUT2D eigenvalue weighted by Crippen LogP contribution is 2.14. The molecule has 3 rings (SSSR count). The largest absolute Gasteiger partial charge is 0.379 e. The smallest absolute Gasteiger partial charge is 0.193 e. The number of hydrogen-bond acceptors (Lipinski definition) is 4. The molecule has 1 aliphatic heterocycles. The summed E-state index contributed by atoms with van der Waals surface area (Å²) in [6.45, 7) is 9.30. The fraction of sp³-hybridized carbons (Fsp3) is 0.500. The zero-order valence-electron chi connectivity index (χ0n) is 17.5. The minimum absolute atomic E-state index is 0. The lowest BCUT2D eigenvalue weighted by atomic mass is 10.1. The van der Waals surface area contributed by atoms with Gasteiger partial charge in [-0.05, 0) is 35.9 Å². The maximum atomic E-state index is 5.47. The number of thiophene rings is 1. The van der Waals surface area contributed by atoms with Crippen molar-refractivity contribution in [1.29, 1.82) is 0 Å². The second kappa shape index (κ2) is 13.2. The molecule has 0 bridgehead atoms. The van der Waals surface area contributed by atoms with Crippen molar-refractivity contribution in [3.63, 3.8) is 0 Å². The topological polar surface area (TPSA) is 40.1 Å². The van der Waals surface area contributed by atoms with Crippen LogP contribution >= 0.6 is 35.3 Å². The predicted octanol–water partition coefficient (Wildman–Crippen LogP) is 3.84. The monoisotopic (exact) mass is 528 g/mol. The van der Waals surface area contributed by atoms with Crippen LogP contribution in [0.1, 0.15) is 22.9 Å². The Kier molecular flexibility index (Phi) is 11.0. The number of benzene rings is 1. The second-order valence-corrected chi connectivity index (χ2v) is 8.11. The van der Waals surface area contributed by atoms with Crippen LogP contribution in [0.5, 0.6) is 0 Å². The molecule has 0 radical (unpaired) electrons. The summed E-state index contributed by atoms with van der Waals surface area (Å²) in [6, 6.07) is 13.0. The van der Waals surface area contributed by atoms with Gasteiger partial charge in [-0.1, -0.05) is 30.3 Å². The lowest BCUT2D eigenvalue weighted by molar-refractivity contribution is 0.0341. The molecule has 2 aromatic rings. The van der Waals surface area contributed by atoms with Crippen LogP contribution in [0.4, 0.5) is 0 Å². The van der Waals surface area contributed by atoms with Crippen LogP contribution in [-0.2, 0) is 24.2 Å². The number of nitrogens with one attached hydrogen (secondary N) is 1. The third kappa shape index (κ3) is 7.88. The van der Waals surface area contributed by atoms with Gasteiger partial charge < -0.3 is 15.0 Å². The van der Waals surface area contributed by atoms with Crippen molar-refractivity contribution >= 4 is 41.3 Å². The zero-order chi connectivity index (χ0) is 19.6. The van der Waals surface area contributed by atoms with E-state index in [1.165, 1.54) is 16.0 Å². The van der Waals surface area contributed by atoms with Crippen molar-refractivity contribution in [1.82, 2.24) is 15.1 Å². The van der Waals surface area contributed by atoms with Gasteiger partial charge in [-0.2, -0.15) is 0 Å². The van der Waals surface area contributed by atoms with E-state index in [-0.39, 0.29) is 24.0 Å². The van der Waals surface area contributed by atoms with Gasteiger partial charge in [0.05, 0.1) is 19.8 Å². The van der Waals surface area contributed by atoms with E-state index >= 15 is 0 Å². The van der Waals surface area contributed by atoms with Gasteiger partial charge in [0, 0.05) is 44.6 Å². The molecule has 2 heterocycles. The van der Waals surface area contributed by atoms with Crippen molar-refractivity contribution in [3.05, 3.63) is 57.8 Å². The number of morpholine rings is 1. The van der Waals surface area contributed by atoms with Crippen LogP contribution in [-0.4, -0.2) is 62.2 Å². The number of likely N-dealkylation sites (N-methyl/N-ethyl adjacent to an activating group) is 1. The third-order valence-electron chi connectivity index (χ3n) is 4.99. The molecule has 160 valence electrons. The second-order valence-electron chi connectivity index (χ2n) is 7.08. The fourth-order valence-corrected chi connectivity index (χ4v) is 4.03. The molecule has 0 amide bonds. The fourth-order valence-electron chi connectivity index (χ4n) is 3.33. The molecule has 1 aromatic carbocycles. The quantitative estimate of drug-likeness (QED) is 0.321. The van der Waals surface area contributed by atoms with E-state index < -0.39 is 0 Å². The molecular weight excluding hydrogens is 495 g/mol. The van der Waals surface area contributed by atoms with Crippen molar-refractivity contribution in [2.75, 3.05) is 46.4 Å². The van der Waals surface area contributed by atoms with Crippen LogP contribution in [0, 0.1) is 0 Å². The number of hydrogen-bond donors (Lipinski definition) is 1. The SMILES string of the molecule is CCNC(=NCc1ccccc1CN1CCOCC1)N(C)CCc1cccs1.I. The maximum absolute atomic E-state index is 5.47. The molecule has 0 saturated carbocycles. The van der Waals surface area contributed by atoms with E-state index in [1.807, 2.05) is 11.3 Å². The van der Waals surface area contributed by atoms with Gasteiger partial charge in [0.1, 0.15) is 0 Å². The average Bonchev–Trinajstić information content (AvgIpc) is 3.25. The summed E-state index contributed by atoms with van der Waals surface area (Å²) in [5.74, 6) is 0.972. The zero-order valence-corrected chi connectivity index (χ0v) is 20.6. The highest BCUT2D eigenvalue weighted by atomic mass is 127. The van der Waals surface area contributed by atoms with Crippen molar-refractivity contribution in [2.24, 2.45) is 4.99 Å². The molecule has 0 unspecified atom stereocenters. The summed E-state index contributed by atoms with van der Waals surface area (Å²) >= 11 is 1.82. The summed E-state index contributed by atoms with van der Waals surface area (Å²) in [7, 11) is 2.12. The van der Waals surface area contributed by atoms with E-state index in [0.29, 0.717) is 6.54 Å². The van der Waals surface area contributed by atoms with Gasteiger partial charge in [-0.25, -0.2) is 4.99 Å². The molecule has 0 spiro atoms. The van der Waals surface area contributed by atoms with Crippen LogP contribution in [0.15, 0.2) is 46.8 Å². The summed E-state index contributed by atoms with van der Waals surface area (Å²) in [5.41, 5.74) is 2.67. The number of ether oxygens (including phenoxy) is 1. The first kappa shape index (κ1) is 24.1. The van der Waals surface area contributed by atoms with Crippen LogP contribution in [0.25, 0.3) is 0 Å². The first-order valence-electron chi connectivity index (χ1n) is 10.1. The molecule has 1 fully saturated rings. The lowest BCUT2D eigenvalue weighted by Gasteiger charge is -2.27. The maximum Gasteiger partial charge on any atom is 0.193 e. The van der Waals surface area contributed by atoms with E-state index in [0.717, 1.165) is 58.3 Å². The Bertz CT molecular complexity index is 732. The van der Waals surface area contributed by atoms with Gasteiger partial charge in [0.2, 0.25) is 0 Å². The molecule has 1 aromatic heterocycles. The van der Waals surface area contributed by atoms with Crippen molar-refractivity contribution in [2.45, 2.75) is 26.4 Å². The van der Waals surface area contributed by atoms with Gasteiger partial charge in [0.25, 0.3) is 0 Å². The first-order chi connectivity index (χ1) is 13.8. The predicted molar refractivity (Wildman–Crippen MR) is 133 cm³/mol. The normalized spacial score (nSPS) is 15.0. The van der Waals surface area contributed by atoms with E-state index in [2.05, 4.69) is 70.9 Å². The Morgan fingerprint density at radius 1 is 1.17 bits per heavy atom. The Balaban J connectivity index is 0.00000300. The Labute approximate surface area is 196 Å². The van der Waals surface area contributed by atoms with Crippen molar-refractivity contribution < 1.29 is 4.74 Å². The first-order valence-corrected chi connectivity index (χ1v) is 11.0. The molecular formula is C22H33IN4OS. The molecule has 1 saturated heterocycles. The average molecular weight is 529 g/mol. The highest BCUT2D eigenvalue weighted by molar-refractivity contribution is 14.0. The lowest BCUT2D eigenvalue weighted by Crippen LogP contribution is -2.40. The molecule has 1 aliphatic rings. The molecule has 1 N–H and O–H groups in total. The Morgan fingerprint density at radius 3 is 2.62 bits per heavy atom. The Morgan fingerprint density at radius 2 is 1.93 bits per heavy atom. The molecule has 5 nitrogen and oxygen atoms in total. The van der Waals surface area contributed by atoms with Crippen molar-refractivity contribution in [3.8, 4) is 0 Å². The molecule has 0 aliphatic carbocycles. The minimum atomic E-state index is 0.